The van der Waals surface area contributed by atoms with Gasteiger partial charge in [0.2, 0.25) is 0 Å². The van der Waals surface area contributed by atoms with Crippen molar-refractivity contribution in [2.24, 2.45) is 0 Å². The summed E-state index contributed by atoms with van der Waals surface area (Å²) in [6, 6.07) is 23.1. The zero-order chi connectivity index (χ0) is 21.9. The van der Waals surface area contributed by atoms with Gasteiger partial charge in [-0.1, -0.05) is 48.0 Å². The monoisotopic (exact) mass is 422 g/mol. The van der Waals surface area contributed by atoms with Crippen molar-refractivity contribution in [2.45, 2.75) is 24.8 Å². The van der Waals surface area contributed by atoms with Crippen LogP contribution in [0.4, 0.5) is 5.69 Å². The fraction of sp³-hybridized carbons (Fsp3) is 0.208. The molecule has 0 bridgehead atoms. The molecule has 1 amide bonds. The van der Waals surface area contributed by atoms with Gasteiger partial charge in [-0.25, -0.2) is 8.42 Å². The van der Waals surface area contributed by atoms with Gasteiger partial charge in [0.25, 0.3) is 15.9 Å². The van der Waals surface area contributed by atoms with Crippen molar-refractivity contribution in [1.82, 2.24) is 4.90 Å². The van der Waals surface area contributed by atoms with E-state index in [9.17, 15) is 13.2 Å². The van der Waals surface area contributed by atoms with Crippen molar-refractivity contribution in [3.05, 3.63) is 95.6 Å². The summed E-state index contributed by atoms with van der Waals surface area (Å²) < 4.78 is 27.0. The molecular weight excluding hydrogens is 396 g/mol. The van der Waals surface area contributed by atoms with E-state index in [4.69, 9.17) is 0 Å². The number of nitrogens with zero attached hydrogens (tertiary/aromatic N) is 2. The van der Waals surface area contributed by atoms with Crippen LogP contribution in [0.1, 0.15) is 34.5 Å². The fourth-order valence-electron chi connectivity index (χ4n) is 3.16. The van der Waals surface area contributed by atoms with Gasteiger partial charge in [-0.3, -0.25) is 9.10 Å². The molecule has 0 saturated carbocycles. The van der Waals surface area contributed by atoms with E-state index in [-0.39, 0.29) is 16.8 Å². The van der Waals surface area contributed by atoms with Gasteiger partial charge in [0.15, 0.2) is 0 Å². The fourth-order valence-corrected chi connectivity index (χ4v) is 4.35. The Bertz CT molecular complexity index is 1110. The Morgan fingerprint density at radius 1 is 0.833 bits per heavy atom. The maximum atomic E-state index is 12.9. The molecule has 0 radical (unpaired) electrons. The molecule has 3 rings (SSSR count). The number of carbonyl (C=O) groups is 1. The van der Waals surface area contributed by atoms with Crippen LogP contribution in [0.5, 0.6) is 0 Å². The molecule has 5 nitrogen and oxygen atoms in total. The lowest BCUT2D eigenvalue weighted by Gasteiger charge is -2.26. The molecule has 1 unspecified atom stereocenters. The normalized spacial score (nSPS) is 12.3. The molecule has 156 valence electrons. The third-order valence-corrected chi connectivity index (χ3v) is 7.14. The standard InChI is InChI=1S/C24H26N2O3S/c1-18-10-16-23(17-11-18)30(28,29)26(4)22-14-12-21(13-15-22)24(27)25(3)19(2)20-8-6-5-7-9-20/h5-17,19H,1-4H3. The first-order valence-electron chi connectivity index (χ1n) is 9.69. The second kappa shape index (κ2) is 8.71. The number of amides is 1. The van der Waals surface area contributed by atoms with Crippen molar-refractivity contribution in [2.75, 3.05) is 18.4 Å². The highest BCUT2D eigenvalue weighted by Gasteiger charge is 2.22. The number of benzene rings is 3. The Hall–Kier alpha value is -3.12. The molecule has 30 heavy (non-hydrogen) atoms. The Balaban J connectivity index is 1.78. The molecule has 0 aliphatic heterocycles. The van der Waals surface area contributed by atoms with Crippen molar-refractivity contribution < 1.29 is 13.2 Å². The molecule has 0 heterocycles. The number of aryl methyl sites for hydroxylation is 1. The van der Waals surface area contributed by atoms with Crippen molar-refractivity contribution in [1.29, 1.82) is 0 Å². The van der Waals surface area contributed by atoms with Crippen LogP contribution in [0.3, 0.4) is 0 Å². The molecule has 0 N–H and O–H groups in total. The van der Waals surface area contributed by atoms with Crippen LogP contribution in [0, 0.1) is 6.92 Å². The summed E-state index contributed by atoms with van der Waals surface area (Å²) in [7, 11) is -0.394. The summed E-state index contributed by atoms with van der Waals surface area (Å²) in [5.74, 6) is -0.123. The molecule has 3 aromatic rings. The molecule has 0 aliphatic carbocycles. The second-order valence-electron chi connectivity index (χ2n) is 7.34. The predicted molar refractivity (Wildman–Crippen MR) is 120 cm³/mol. The quantitative estimate of drug-likeness (QED) is 0.581. The minimum Gasteiger partial charge on any atom is -0.335 e. The Kier molecular flexibility index (Phi) is 6.27. The molecular formula is C24H26N2O3S. The van der Waals surface area contributed by atoms with Crippen LogP contribution in [-0.4, -0.2) is 33.3 Å². The van der Waals surface area contributed by atoms with Crippen LogP contribution < -0.4 is 4.31 Å². The zero-order valence-corrected chi connectivity index (χ0v) is 18.4. The summed E-state index contributed by atoms with van der Waals surface area (Å²) >= 11 is 0. The van der Waals surface area contributed by atoms with E-state index < -0.39 is 10.0 Å². The number of hydrogen-bond donors (Lipinski definition) is 0. The van der Waals surface area contributed by atoms with Crippen molar-refractivity contribution in [3.8, 4) is 0 Å². The maximum Gasteiger partial charge on any atom is 0.264 e. The summed E-state index contributed by atoms with van der Waals surface area (Å²) in [5.41, 5.74) is 3.04. The van der Waals surface area contributed by atoms with E-state index >= 15 is 0 Å². The Morgan fingerprint density at radius 3 is 1.97 bits per heavy atom. The van der Waals surface area contributed by atoms with E-state index in [0.717, 1.165) is 11.1 Å². The summed E-state index contributed by atoms with van der Waals surface area (Å²) in [6.07, 6.45) is 0. The molecule has 0 aliphatic rings. The third-order valence-electron chi connectivity index (χ3n) is 5.34. The minimum atomic E-state index is -3.67. The van der Waals surface area contributed by atoms with E-state index in [1.807, 2.05) is 44.2 Å². The SMILES string of the molecule is Cc1ccc(S(=O)(=O)N(C)c2ccc(C(=O)N(C)C(C)c3ccccc3)cc2)cc1. The van der Waals surface area contributed by atoms with E-state index in [1.54, 1.807) is 60.5 Å². The first-order valence-corrected chi connectivity index (χ1v) is 11.1. The molecule has 6 heteroatoms. The van der Waals surface area contributed by atoms with Crippen molar-refractivity contribution in [3.63, 3.8) is 0 Å². The average Bonchev–Trinajstić information content (AvgIpc) is 2.78. The highest BCUT2D eigenvalue weighted by Crippen LogP contribution is 2.24. The number of rotatable bonds is 6. The van der Waals surface area contributed by atoms with Gasteiger partial charge in [-0.2, -0.15) is 0 Å². The van der Waals surface area contributed by atoms with E-state index in [2.05, 4.69) is 0 Å². The van der Waals surface area contributed by atoms with Crippen molar-refractivity contribution >= 4 is 21.6 Å². The molecule has 1 atom stereocenters. The minimum absolute atomic E-state index is 0.0806. The number of hydrogen-bond acceptors (Lipinski definition) is 3. The molecule has 0 saturated heterocycles. The smallest absolute Gasteiger partial charge is 0.264 e. The highest BCUT2D eigenvalue weighted by molar-refractivity contribution is 7.92. The van der Waals surface area contributed by atoms with Gasteiger partial charge in [-0.15, -0.1) is 0 Å². The Morgan fingerprint density at radius 2 is 1.40 bits per heavy atom. The molecule has 0 fully saturated rings. The van der Waals surface area contributed by atoms with E-state index in [1.165, 1.54) is 11.4 Å². The lowest BCUT2D eigenvalue weighted by Crippen LogP contribution is -2.30. The number of carbonyl (C=O) groups excluding carboxylic acids is 1. The van der Waals surface area contributed by atoms with Gasteiger partial charge in [0.05, 0.1) is 16.6 Å². The lowest BCUT2D eigenvalue weighted by atomic mass is 10.1. The highest BCUT2D eigenvalue weighted by atomic mass is 32.2. The molecule has 0 spiro atoms. The van der Waals surface area contributed by atoms with Crippen LogP contribution >= 0.6 is 0 Å². The van der Waals surface area contributed by atoms with Gasteiger partial charge in [0.1, 0.15) is 0 Å². The largest absolute Gasteiger partial charge is 0.335 e. The van der Waals surface area contributed by atoms with Crippen LogP contribution in [0.25, 0.3) is 0 Å². The topological polar surface area (TPSA) is 57.7 Å². The lowest BCUT2D eigenvalue weighted by molar-refractivity contribution is 0.0742. The first-order chi connectivity index (χ1) is 14.2. The van der Waals surface area contributed by atoms with Gasteiger partial charge in [-0.05, 0) is 55.8 Å². The van der Waals surface area contributed by atoms with Crippen LogP contribution in [0.2, 0.25) is 0 Å². The molecule has 0 aromatic heterocycles. The van der Waals surface area contributed by atoms with Crippen LogP contribution in [-0.2, 0) is 10.0 Å². The number of sulfonamides is 1. The first kappa shape index (κ1) is 21.6. The summed E-state index contributed by atoms with van der Waals surface area (Å²) in [4.78, 5) is 14.8. The average molecular weight is 423 g/mol. The van der Waals surface area contributed by atoms with Gasteiger partial charge in [0, 0.05) is 19.7 Å². The third kappa shape index (κ3) is 4.39. The summed E-state index contributed by atoms with van der Waals surface area (Å²) in [5, 5.41) is 0. The van der Waals surface area contributed by atoms with Gasteiger partial charge >= 0.3 is 0 Å². The Labute approximate surface area is 178 Å². The van der Waals surface area contributed by atoms with E-state index in [0.29, 0.717) is 11.3 Å². The molecule has 3 aromatic carbocycles. The summed E-state index contributed by atoms with van der Waals surface area (Å²) in [6.45, 7) is 3.88. The van der Waals surface area contributed by atoms with Crippen LogP contribution in [0.15, 0.2) is 83.8 Å². The number of anilines is 1. The van der Waals surface area contributed by atoms with Gasteiger partial charge < -0.3 is 4.90 Å². The second-order valence-corrected chi connectivity index (χ2v) is 9.30. The zero-order valence-electron chi connectivity index (χ0n) is 17.6. The predicted octanol–water partition coefficient (Wildman–Crippen LogP) is 4.65. The maximum absolute atomic E-state index is 12.9.